The number of pyridine rings is 1. The van der Waals surface area contributed by atoms with Gasteiger partial charge in [-0.05, 0) is 54.2 Å². The molecule has 1 aromatic carbocycles. The van der Waals surface area contributed by atoms with Crippen LogP contribution in [0.3, 0.4) is 0 Å². The summed E-state index contributed by atoms with van der Waals surface area (Å²) in [5.74, 6) is 1.35. The second-order valence-electron chi connectivity index (χ2n) is 6.55. The van der Waals surface area contributed by atoms with E-state index < -0.39 is 0 Å². The van der Waals surface area contributed by atoms with E-state index in [1.807, 2.05) is 12.3 Å². The Bertz CT molecular complexity index is 756. The van der Waals surface area contributed by atoms with Crippen molar-refractivity contribution in [2.75, 3.05) is 0 Å². The van der Waals surface area contributed by atoms with E-state index in [4.69, 9.17) is 4.98 Å². The quantitative estimate of drug-likeness (QED) is 0.674. The minimum Gasteiger partial charge on any atom is -0.256 e. The summed E-state index contributed by atoms with van der Waals surface area (Å²) in [6.07, 6.45) is 13.7. The van der Waals surface area contributed by atoms with Gasteiger partial charge in [-0.15, -0.1) is 0 Å². The molecule has 4 rings (SSSR count). The lowest BCUT2D eigenvalue weighted by Crippen LogP contribution is -2.17. The van der Waals surface area contributed by atoms with E-state index in [0.29, 0.717) is 11.3 Å². The van der Waals surface area contributed by atoms with Gasteiger partial charge in [-0.1, -0.05) is 49.4 Å². The molecule has 2 aliphatic rings. The van der Waals surface area contributed by atoms with Gasteiger partial charge in [-0.2, -0.15) is 0 Å². The highest BCUT2D eigenvalue weighted by atomic mass is 14.7. The van der Waals surface area contributed by atoms with Crippen molar-refractivity contribution in [3.8, 4) is 0 Å². The molecular formula is C20H21N. The van der Waals surface area contributed by atoms with Crippen LogP contribution in [0.5, 0.6) is 0 Å². The molecule has 3 unspecified atom stereocenters. The monoisotopic (exact) mass is 275 g/mol. The standard InChI is InChI=1S/C20H21N/c1-3-11-20(13-14(20)2)17-8-4-6-15-9-10-16-7-5-12-21-19(16)18(15)17/h3-7,9-12,14,17H,8,13H2,1-2H3. The Labute approximate surface area is 126 Å². The maximum Gasteiger partial charge on any atom is 0.0743 e. The van der Waals surface area contributed by atoms with Crippen molar-refractivity contribution in [2.24, 2.45) is 11.3 Å². The van der Waals surface area contributed by atoms with Crippen molar-refractivity contribution in [1.82, 2.24) is 4.98 Å². The van der Waals surface area contributed by atoms with Crippen LogP contribution in [0.2, 0.25) is 0 Å². The predicted octanol–water partition coefficient (Wildman–Crippen LogP) is 5.34. The number of rotatable bonds is 2. The molecule has 1 heterocycles. The van der Waals surface area contributed by atoms with Gasteiger partial charge in [-0.25, -0.2) is 0 Å². The molecule has 1 fully saturated rings. The van der Waals surface area contributed by atoms with Gasteiger partial charge in [0, 0.05) is 11.6 Å². The van der Waals surface area contributed by atoms with Gasteiger partial charge in [0.05, 0.1) is 5.52 Å². The van der Waals surface area contributed by atoms with Crippen molar-refractivity contribution in [1.29, 1.82) is 0 Å². The Morgan fingerprint density at radius 1 is 1.29 bits per heavy atom. The van der Waals surface area contributed by atoms with Gasteiger partial charge in [0.25, 0.3) is 0 Å². The summed E-state index contributed by atoms with van der Waals surface area (Å²) in [5.41, 5.74) is 4.38. The molecule has 106 valence electrons. The fourth-order valence-corrected chi connectivity index (χ4v) is 4.25. The third kappa shape index (κ3) is 1.80. The maximum atomic E-state index is 4.71. The predicted molar refractivity (Wildman–Crippen MR) is 89.2 cm³/mol. The normalized spacial score (nSPS) is 30.8. The van der Waals surface area contributed by atoms with Crippen molar-refractivity contribution >= 4 is 17.0 Å². The zero-order valence-electron chi connectivity index (χ0n) is 12.7. The SMILES string of the molecule is CC=CC1(C2CC=Cc3ccc4cccnc4c32)CC1C. The Balaban J connectivity index is 1.95. The first-order chi connectivity index (χ1) is 10.3. The summed E-state index contributed by atoms with van der Waals surface area (Å²) in [7, 11) is 0. The van der Waals surface area contributed by atoms with Gasteiger partial charge in [-0.3, -0.25) is 4.98 Å². The number of hydrogen-bond donors (Lipinski definition) is 0. The zero-order valence-corrected chi connectivity index (χ0v) is 12.7. The second kappa shape index (κ2) is 4.56. The molecule has 21 heavy (non-hydrogen) atoms. The van der Waals surface area contributed by atoms with E-state index in [1.165, 1.54) is 28.5 Å². The van der Waals surface area contributed by atoms with Crippen molar-refractivity contribution in [3.63, 3.8) is 0 Å². The topological polar surface area (TPSA) is 12.9 Å². The van der Waals surface area contributed by atoms with Crippen LogP contribution in [0, 0.1) is 11.3 Å². The Morgan fingerprint density at radius 2 is 2.14 bits per heavy atom. The molecule has 0 spiro atoms. The minimum atomic E-state index is 0.347. The van der Waals surface area contributed by atoms with Crippen LogP contribution in [0.1, 0.15) is 43.7 Å². The Kier molecular flexibility index (Phi) is 2.78. The highest BCUT2D eigenvalue weighted by Gasteiger charge is 2.55. The molecule has 0 radical (unpaired) electrons. The van der Waals surface area contributed by atoms with Gasteiger partial charge in [0.2, 0.25) is 0 Å². The number of benzene rings is 1. The van der Waals surface area contributed by atoms with Crippen LogP contribution in [-0.4, -0.2) is 4.98 Å². The third-order valence-electron chi connectivity index (χ3n) is 5.41. The highest BCUT2D eigenvalue weighted by Crippen LogP contribution is 2.64. The Morgan fingerprint density at radius 3 is 2.90 bits per heavy atom. The number of hydrogen-bond acceptors (Lipinski definition) is 1. The number of allylic oxidation sites excluding steroid dienone is 3. The molecule has 0 bridgehead atoms. The van der Waals surface area contributed by atoms with Crippen LogP contribution >= 0.6 is 0 Å². The van der Waals surface area contributed by atoms with E-state index in [9.17, 15) is 0 Å². The van der Waals surface area contributed by atoms with Crippen LogP contribution in [0.15, 0.2) is 48.7 Å². The minimum absolute atomic E-state index is 0.347. The number of fused-ring (bicyclic) bond motifs is 3. The summed E-state index contributed by atoms with van der Waals surface area (Å²) in [5, 5.41) is 1.26. The lowest BCUT2D eigenvalue weighted by molar-refractivity contribution is 0.458. The van der Waals surface area contributed by atoms with E-state index in [-0.39, 0.29) is 0 Å². The van der Waals surface area contributed by atoms with Crippen molar-refractivity contribution in [2.45, 2.75) is 32.6 Å². The molecule has 3 atom stereocenters. The van der Waals surface area contributed by atoms with E-state index in [1.54, 1.807) is 0 Å². The number of nitrogens with zero attached hydrogens (tertiary/aromatic N) is 1. The first-order valence-corrected chi connectivity index (χ1v) is 7.94. The molecule has 1 aromatic heterocycles. The molecule has 0 N–H and O–H groups in total. The molecular weight excluding hydrogens is 254 g/mol. The summed E-state index contributed by atoms with van der Waals surface area (Å²) < 4.78 is 0. The van der Waals surface area contributed by atoms with Gasteiger partial charge in [0.1, 0.15) is 0 Å². The highest BCUT2D eigenvalue weighted by molar-refractivity contribution is 5.86. The fraction of sp³-hybridized carbons (Fsp3) is 0.350. The molecule has 0 aliphatic heterocycles. The average Bonchev–Trinajstić information content (AvgIpc) is 3.17. The summed E-state index contributed by atoms with van der Waals surface area (Å²) in [6, 6.07) is 8.67. The van der Waals surface area contributed by atoms with Gasteiger partial charge >= 0.3 is 0 Å². The largest absolute Gasteiger partial charge is 0.256 e. The van der Waals surface area contributed by atoms with Crippen molar-refractivity contribution < 1.29 is 0 Å². The first kappa shape index (κ1) is 12.8. The molecule has 1 saturated carbocycles. The zero-order chi connectivity index (χ0) is 14.4. The molecule has 1 heteroatoms. The Hall–Kier alpha value is -1.89. The van der Waals surface area contributed by atoms with Crippen LogP contribution < -0.4 is 0 Å². The van der Waals surface area contributed by atoms with Gasteiger partial charge < -0.3 is 0 Å². The third-order valence-corrected chi connectivity index (χ3v) is 5.41. The van der Waals surface area contributed by atoms with Gasteiger partial charge in [0.15, 0.2) is 0 Å². The number of aromatic nitrogens is 1. The van der Waals surface area contributed by atoms with E-state index in [2.05, 4.69) is 56.4 Å². The van der Waals surface area contributed by atoms with Crippen molar-refractivity contribution in [3.05, 3.63) is 59.8 Å². The lowest BCUT2D eigenvalue weighted by Gasteiger charge is -2.30. The summed E-state index contributed by atoms with van der Waals surface area (Å²) in [6.45, 7) is 4.53. The molecule has 0 amide bonds. The lowest BCUT2D eigenvalue weighted by atomic mass is 9.74. The molecule has 0 saturated heterocycles. The smallest absolute Gasteiger partial charge is 0.0743 e. The van der Waals surface area contributed by atoms with E-state index in [0.717, 1.165) is 12.3 Å². The van der Waals surface area contributed by atoms with Crippen LogP contribution in [0.4, 0.5) is 0 Å². The summed E-state index contributed by atoms with van der Waals surface area (Å²) in [4.78, 5) is 4.71. The van der Waals surface area contributed by atoms with Crippen LogP contribution in [-0.2, 0) is 0 Å². The fourth-order valence-electron chi connectivity index (χ4n) is 4.25. The van der Waals surface area contributed by atoms with E-state index >= 15 is 0 Å². The maximum absolute atomic E-state index is 4.71. The second-order valence-corrected chi connectivity index (χ2v) is 6.55. The average molecular weight is 275 g/mol. The van der Waals surface area contributed by atoms with Crippen LogP contribution in [0.25, 0.3) is 17.0 Å². The molecule has 2 aliphatic carbocycles. The molecule has 2 aromatic rings. The first-order valence-electron chi connectivity index (χ1n) is 7.94. The summed E-state index contributed by atoms with van der Waals surface area (Å²) >= 11 is 0. The molecule has 1 nitrogen and oxygen atoms in total.